The molecule has 0 unspecified atom stereocenters. The van der Waals surface area contributed by atoms with Gasteiger partial charge in [0.2, 0.25) is 11.8 Å². The average molecular weight is 354 g/mol. The average Bonchev–Trinajstić information content (AvgIpc) is 3.19. The van der Waals surface area contributed by atoms with Crippen LogP contribution >= 0.6 is 0 Å². The molecule has 2 aliphatic rings. The van der Waals surface area contributed by atoms with Crippen LogP contribution in [0.5, 0.6) is 0 Å². The van der Waals surface area contributed by atoms with Crippen LogP contribution in [0.2, 0.25) is 0 Å². The van der Waals surface area contributed by atoms with Gasteiger partial charge in [-0.3, -0.25) is 9.59 Å². The summed E-state index contributed by atoms with van der Waals surface area (Å²) in [6, 6.07) is 7.26. The number of piperidine rings is 1. The summed E-state index contributed by atoms with van der Waals surface area (Å²) in [7, 11) is 0. The number of nitrogens with one attached hydrogen (secondary N) is 1. The van der Waals surface area contributed by atoms with E-state index in [2.05, 4.69) is 15.5 Å². The lowest BCUT2D eigenvalue weighted by Crippen LogP contribution is -2.40. The molecule has 2 aliphatic heterocycles. The zero-order valence-corrected chi connectivity index (χ0v) is 14.8. The highest BCUT2D eigenvalue weighted by atomic mass is 16.5. The quantitative estimate of drug-likeness (QED) is 0.908. The molecule has 3 heterocycles. The molecule has 0 aliphatic carbocycles. The van der Waals surface area contributed by atoms with E-state index in [0.29, 0.717) is 29.6 Å². The molecule has 1 fully saturated rings. The second-order valence-corrected chi connectivity index (χ2v) is 7.08. The van der Waals surface area contributed by atoms with Gasteiger partial charge in [-0.1, -0.05) is 23.4 Å². The number of benzene rings is 1. The second-order valence-electron chi connectivity index (χ2n) is 7.08. The van der Waals surface area contributed by atoms with E-state index in [0.717, 1.165) is 37.9 Å². The van der Waals surface area contributed by atoms with Gasteiger partial charge in [-0.25, -0.2) is 0 Å². The monoisotopic (exact) mass is 354 g/mol. The summed E-state index contributed by atoms with van der Waals surface area (Å²) in [5.74, 6) is 1.81. The number of rotatable bonds is 4. The molecule has 1 N–H and O–H groups in total. The molecule has 2 aromatic rings. The smallest absolute Gasteiger partial charge is 0.252 e. The molecule has 0 radical (unpaired) electrons. The van der Waals surface area contributed by atoms with Crippen molar-refractivity contribution in [1.82, 2.24) is 20.4 Å². The summed E-state index contributed by atoms with van der Waals surface area (Å²) in [6.45, 7) is 3.28. The van der Waals surface area contributed by atoms with Crippen molar-refractivity contribution in [3.05, 3.63) is 47.1 Å². The number of carbonyl (C=O) groups is 2. The fourth-order valence-corrected chi connectivity index (χ4v) is 3.84. The maximum Gasteiger partial charge on any atom is 0.252 e. The van der Waals surface area contributed by atoms with Gasteiger partial charge in [0.1, 0.15) is 0 Å². The molecule has 26 heavy (non-hydrogen) atoms. The fraction of sp³-hybridized carbons (Fsp3) is 0.474. The molecule has 1 saturated heterocycles. The molecule has 7 nitrogen and oxygen atoms in total. The van der Waals surface area contributed by atoms with Gasteiger partial charge in [-0.2, -0.15) is 4.98 Å². The Balaban J connectivity index is 1.31. The predicted molar refractivity (Wildman–Crippen MR) is 93.3 cm³/mol. The van der Waals surface area contributed by atoms with E-state index >= 15 is 0 Å². The van der Waals surface area contributed by atoms with Crippen molar-refractivity contribution in [2.75, 3.05) is 13.1 Å². The minimum absolute atomic E-state index is 0.0908. The van der Waals surface area contributed by atoms with Crippen molar-refractivity contribution in [2.45, 2.75) is 38.6 Å². The highest BCUT2D eigenvalue weighted by molar-refractivity contribution is 5.99. The van der Waals surface area contributed by atoms with Gasteiger partial charge in [-0.15, -0.1) is 0 Å². The largest absolute Gasteiger partial charge is 0.345 e. The number of hydrogen-bond donors (Lipinski definition) is 1. The Morgan fingerprint density at radius 2 is 2.08 bits per heavy atom. The summed E-state index contributed by atoms with van der Waals surface area (Å²) in [5, 5.41) is 6.74. The van der Waals surface area contributed by atoms with Crippen LogP contribution in [0.25, 0.3) is 0 Å². The number of aromatic nitrogens is 2. The molecule has 136 valence electrons. The molecular formula is C19H22N4O3. The molecule has 0 spiro atoms. The molecule has 1 aromatic heterocycles. The molecule has 0 bridgehead atoms. The molecule has 0 saturated carbocycles. The summed E-state index contributed by atoms with van der Waals surface area (Å²) < 4.78 is 5.19. The summed E-state index contributed by atoms with van der Waals surface area (Å²) in [5.41, 5.74) is 1.60. The number of aryl methyl sites for hydroxylation is 1. The van der Waals surface area contributed by atoms with E-state index in [1.807, 2.05) is 30.0 Å². The standard InChI is InChI=1S/C19H22N4O3/c1-12-20-17(26-22-12)10-13-6-8-23(9-7-13)18(24)11-16-14-4-2-3-5-15(14)19(25)21-16/h2-5,13,16H,6-11H2,1H3,(H,21,25)/t16-/m0/s1. The van der Waals surface area contributed by atoms with Gasteiger partial charge in [0.05, 0.1) is 12.5 Å². The van der Waals surface area contributed by atoms with Crippen molar-refractivity contribution in [3.8, 4) is 0 Å². The van der Waals surface area contributed by atoms with Crippen molar-refractivity contribution in [2.24, 2.45) is 5.92 Å². The number of likely N-dealkylation sites (tertiary alicyclic amines) is 1. The van der Waals surface area contributed by atoms with Gasteiger partial charge in [-0.05, 0) is 37.3 Å². The second kappa shape index (κ2) is 6.90. The Kier molecular flexibility index (Phi) is 4.44. The third-order valence-electron chi connectivity index (χ3n) is 5.27. The maximum atomic E-state index is 12.7. The zero-order valence-electron chi connectivity index (χ0n) is 14.8. The Labute approximate surface area is 151 Å². The lowest BCUT2D eigenvalue weighted by atomic mass is 9.93. The van der Waals surface area contributed by atoms with Crippen molar-refractivity contribution < 1.29 is 14.1 Å². The highest BCUT2D eigenvalue weighted by Gasteiger charge is 2.32. The van der Waals surface area contributed by atoms with Gasteiger partial charge < -0.3 is 14.7 Å². The Morgan fingerprint density at radius 3 is 2.81 bits per heavy atom. The minimum atomic E-state index is -0.217. The van der Waals surface area contributed by atoms with Crippen LogP contribution in [0.1, 0.15) is 52.9 Å². The normalized spacial score (nSPS) is 20.1. The maximum absolute atomic E-state index is 12.7. The van der Waals surface area contributed by atoms with E-state index in [9.17, 15) is 9.59 Å². The van der Waals surface area contributed by atoms with Crippen LogP contribution in [0, 0.1) is 12.8 Å². The van der Waals surface area contributed by atoms with Crippen molar-refractivity contribution >= 4 is 11.8 Å². The number of fused-ring (bicyclic) bond motifs is 1. The van der Waals surface area contributed by atoms with Crippen LogP contribution in [0.15, 0.2) is 28.8 Å². The molecule has 1 aromatic carbocycles. The van der Waals surface area contributed by atoms with Gasteiger partial charge >= 0.3 is 0 Å². The van der Waals surface area contributed by atoms with Crippen LogP contribution in [-0.2, 0) is 11.2 Å². The van der Waals surface area contributed by atoms with E-state index in [1.165, 1.54) is 0 Å². The molecule has 4 rings (SSSR count). The number of hydrogen-bond acceptors (Lipinski definition) is 5. The molecule has 1 atom stereocenters. The van der Waals surface area contributed by atoms with Crippen molar-refractivity contribution in [1.29, 1.82) is 0 Å². The first-order valence-corrected chi connectivity index (χ1v) is 9.07. The van der Waals surface area contributed by atoms with Crippen LogP contribution in [0.3, 0.4) is 0 Å². The zero-order chi connectivity index (χ0) is 18.1. The van der Waals surface area contributed by atoms with E-state index in [1.54, 1.807) is 6.07 Å². The Morgan fingerprint density at radius 1 is 1.31 bits per heavy atom. The predicted octanol–water partition coefficient (Wildman–Crippen LogP) is 2.03. The Bertz CT molecular complexity index is 824. The topological polar surface area (TPSA) is 88.3 Å². The summed E-state index contributed by atoms with van der Waals surface area (Å²) >= 11 is 0. The van der Waals surface area contributed by atoms with Crippen LogP contribution < -0.4 is 5.32 Å². The van der Waals surface area contributed by atoms with Gasteiger partial charge in [0.15, 0.2) is 5.82 Å². The summed E-state index contributed by atoms with van der Waals surface area (Å²) in [4.78, 5) is 30.8. The first-order chi connectivity index (χ1) is 12.6. The number of amides is 2. The van der Waals surface area contributed by atoms with E-state index in [4.69, 9.17) is 4.52 Å². The first-order valence-electron chi connectivity index (χ1n) is 9.07. The van der Waals surface area contributed by atoms with E-state index < -0.39 is 0 Å². The molecule has 7 heteroatoms. The minimum Gasteiger partial charge on any atom is -0.345 e. The Hall–Kier alpha value is -2.70. The number of nitrogens with zero attached hydrogens (tertiary/aromatic N) is 3. The van der Waals surface area contributed by atoms with Crippen LogP contribution in [-0.4, -0.2) is 39.9 Å². The summed E-state index contributed by atoms with van der Waals surface area (Å²) in [6.07, 6.45) is 2.95. The van der Waals surface area contributed by atoms with Crippen molar-refractivity contribution in [3.63, 3.8) is 0 Å². The van der Waals surface area contributed by atoms with Gasteiger partial charge in [0, 0.05) is 25.1 Å². The fourth-order valence-electron chi connectivity index (χ4n) is 3.84. The molecular weight excluding hydrogens is 332 g/mol. The first kappa shape index (κ1) is 16.8. The van der Waals surface area contributed by atoms with E-state index in [-0.39, 0.29) is 17.9 Å². The third kappa shape index (κ3) is 3.34. The third-order valence-corrected chi connectivity index (χ3v) is 5.27. The lowest BCUT2D eigenvalue weighted by molar-refractivity contribution is -0.133. The molecule has 2 amide bonds. The number of carbonyl (C=O) groups excluding carboxylic acids is 2. The van der Waals surface area contributed by atoms with Gasteiger partial charge in [0.25, 0.3) is 5.91 Å². The highest BCUT2D eigenvalue weighted by Crippen LogP contribution is 2.29. The lowest BCUT2D eigenvalue weighted by Gasteiger charge is -2.32. The SMILES string of the molecule is Cc1noc(CC2CCN(C(=O)C[C@@H]3NC(=O)c4ccccc43)CC2)n1. The van der Waals surface area contributed by atoms with Crippen LogP contribution in [0.4, 0.5) is 0 Å².